The van der Waals surface area contributed by atoms with E-state index in [0.717, 1.165) is 12.8 Å². The summed E-state index contributed by atoms with van der Waals surface area (Å²) in [6.45, 7) is 6.23. The molecule has 0 atom stereocenters. The van der Waals surface area contributed by atoms with E-state index in [2.05, 4.69) is 11.4 Å². The molecule has 142 valence electrons. The maximum atomic E-state index is 12.8. The number of sulfonamides is 1. The molecule has 2 aromatic rings. The van der Waals surface area contributed by atoms with Crippen LogP contribution in [0.1, 0.15) is 37.1 Å². The van der Waals surface area contributed by atoms with Crippen molar-refractivity contribution in [2.24, 2.45) is 0 Å². The Morgan fingerprint density at radius 1 is 1.19 bits per heavy atom. The van der Waals surface area contributed by atoms with Crippen LogP contribution in [-0.4, -0.2) is 31.7 Å². The van der Waals surface area contributed by atoms with Crippen molar-refractivity contribution in [3.8, 4) is 0 Å². The van der Waals surface area contributed by atoms with Crippen LogP contribution in [0.4, 0.5) is 5.69 Å². The van der Waals surface area contributed by atoms with Crippen molar-refractivity contribution in [1.82, 2.24) is 4.31 Å². The molecular weight excluding hydrogens is 368 g/mol. The number of amides is 1. The van der Waals surface area contributed by atoms with Crippen LogP contribution < -0.4 is 5.32 Å². The lowest BCUT2D eigenvalue weighted by atomic mass is 10.2. The zero-order valence-electron chi connectivity index (χ0n) is 15.5. The fourth-order valence-corrected chi connectivity index (χ4v) is 5.22. The third-order valence-corrected chi connectivity index (χ3v) is 7.33. The Morgan fingerprint density at radius 3 is 2.54 bits per heavy atom. The molecule has 0 aliphatic rings. The monoisotopic (exact) mass is 394 g/mol. The molecule has 0 fully saturated rings. The van der Waals surface area contributed by atoms with Gasteiger partial charge in [-0.2, -0.15) is 4.31 Å². The lowest BCUT2D eigenvalue weighted by Gasteiger charge is -2.20. The number of anilines is 1. The van der Waals surface area contributed by atoms with E-state index < -0.39 is 10.0 Å². The number of hydrogen-bond donors (Lipinski definition) is 1. The highest BCUT2D eigenvalue weighted by atomic mass is 32.2. The first kappa shape index (κ1) is 20.6. The summed E-state index contributed by atoms with van der Waals surface area (Å²) in [5.74, 6) is -0.100. The number of carbonyl (C=O) groups is 1. The highest BCUT2D eigenvalue weighted by Gasteiger charge is 2.24. The zero-order valence-corrected chi connectivity index (χ0v) is 17.1. The molecule has 0 aliphatic carbocycles. The van der Waals surface area contributed by atoms with Gasteiger partial charge in [-0.1, -0.05) is 26.0 Å². The van der Waals surface area contributed by atoms with Crippen LogP contribution >= 0.6 is 11.3 Å². The Kier molecular flexibility index (Phi) is 7.37. The molecule has 0 unspecified atom stereocenters. The van der Waals surface area contributed by atoms with Crippen LogP contribution in [0.5, 0.6) is 0 Å². The third-order valence-electron chi connectivity index (χ3n) is 4.20. The molecule has 0 radical (unpaired) electrons. The van der Waals surface area contributed by atoms with Crippen molar-refractivity contribution >= 4 is 33.0 Å². The normalized spacial score (nSPS) is 11.7. The van der Waals surface area contributed by atoms with E-state index >= 15 is 0 Å². The van der Waals surface area contributed by atoms with Crippen molar-refractivity contribution in [2.75, 3.05) is 18.4 Å². The first-order chi connectivity index (χ1) is 12.4. The second-order valence-electron chi connectivity index (χ2n) is 6.05. The molecule has 0 saturated heterocycles. The molecule has 0 spiro atoms. The number of thiophene rings is 1. The first-order valence-corrected chi connectivity index (χ1v) is 11.1. The molecule has 1 amide bonds. The zero-order chi connectivity index (χ0) is 19.2. The fourth-order valence-electron chi connectivity index (χ4n) is 2.76. The highest BCUT2D eigenvalue weighted by molar-refractivity contribution is 7.89. The average molecular weight is 395 g/mol. The summed E-state index contributed by atoms with van der Waals surface area (Å²) in [4.78, 5) is 13.7. The fraction of sp³-hybridized carbons (Fsp3) is 0.421. The van der Waals surface area contributed by atoms with Crippen molar-refractivity contribution in [1.29, 1.82) is 0 Å². The molecule has 7 heteroatoms. The summed E-state index contributed by atoms with van der Waals surface area (Å²) >= 11 is 1.69. The van der Waals surface area contributed by atoms with Gasteiger partial charge in [0, 0.05) is 30.1 Å². The second kappa shape index (κ2) is 9.30. The summed E-state index contributed by atoms with van der Waals surface area (Å²) in [6, 6.07) is 9.10. The Labute approximate surface area is 160 Å². The maximum Gasteiger partial charge on any atom is 0.243 e. The molecule has 1 N–H and O–H groups in total. The Morgan fingerprint density at radius 2 is 1.92 bits per heavy atom. The van der Waals surface area contributed by atoms with E-state index in [4.69, 9.17) is 0 Å². The molecule has 0 aliphatic heterocycles. The molecular formula is C19H26N2O3S2. The maximum absolute atomic E-state index is 12.8. The van der Waals surface area contributed by atoms with E-state index in [1.807, 2.05) is 25.3 Å². The summed E-state index contributed by atoms with van der Waals surface area (Å²) in [5, 5.41) is 4.85. The van der Waals surface area contributed by atoms with Gasteiger partial charge in [0.1, 0.15) is 0 Å². The molecule has 1 heterocycles. The minimum atomic E-state index is -3.55. The van der Waals surface area contributed by atoms with Gasteiger partial charge in [-0.15, -0.1) is 11.3 Å². The molecule has 0 bridgehead atoms. The van der Waals surface area contributed by atoms with Crippen LogP contribution in [-0.2, 0) is 21.2 Å². The van der Waals surface area contributed by atoms with Gasteiger partial charge in [0.15, 0.2) is 0 Å². The van der Waals surface area contributed by atoms with Crippen molar-refractivity contribution in [2.45, 2.75) is 44.9 Å². The first-order valence-electron chi connectivity index (χ1n) is 8.81. The number of rotatable bonds is 9. The SMILES string of the molecule is CCN(CC)S(=O)(=O)c1cc(NC(=O)CCCc2cccs2)ccc1C. The number of benzene rings is 1. The van der Waals surface area contributed by atoms with E-state index in [0.29, 0.717) is 30.8 Å². The van der Waals surface area contributed by atoms with Gasteiger partial charge < -0.3 is 5.32 Å². The van der Waals surface area contributed by atoms with Crippen molar-refractivity contribution in [3.63, 3.8) is 0 Å². The predicted molar refractivity (Wildman–Crippen MR) is 107 cm³/mol. The van der Waals surface area contributed by atoms with Crippen molar-refractivity contribution < 1.29 is 13.2 Å². The number of aryl methyl sites for hydroxylation is 2. The number of nitrogens with one attached hydrogen (secondary N) is 1. The molecule has 2 rings (SSSR count). The Bertz CT molecular complexity index is 826. The minimum absolute atomic E-state index is 0.100. The number of nitrogens with zero attached hydrogens (tertiary/aromatic N) is 1. The van der Waals surface area contributed by atoms with Gasteiger partial charge in [-0.3, -0.25) is 4.79 Å². The largest absolute Gasteiger partial charge is 0.326 e. The molecule has 1 aromatic heterocycles. The topological polar surface area (TPSA) is 66.5 Å². The molecule has 1 aromatic carbocycles. The third kappa shape index (κ3) is 5.16. The van der Waals surface area contributed by atoms with Gasteiger partial charge in [0.05, 0.1) is 4.90 Å². The molecule has 5 nitrogen and oxygen atoms in total. The average Bonchev–Trinajstić information content (AvgIpc) is 3.10. The van der Waals surface area contributed by atoms with Gasteiger partial charge in [0.2, 0.25) is 15.9 Å². The molecule has 0 saturated carbocycles. The smallest absolute Gasteiger partial charge is 0.243 e. The summed E-state index contributed by atoms with van der Waals surface area (Å²) < 4.78 is 27.0. The Balaban J connectivity index is 2.05. The van der Waals surface area contributed by atoms with E-state index in [1.54, 1.807) is 36.5 Å². The van der Waals surface area contributed by atoms with Gasteiger partial charge >= 0.3 is 0 Å². The predicted octanol–water partition coefficient (Wildman–Crippen LogP) is 4.05. The van der Waals surface area contributed by atoms with Crippen LogP contribution in [0, 0.1) is 6.92 Å². The van der Waals surface area contributed by atoms with Gasteiger partial charge in [0.25, 0.3) is 0 Å². The number of hydrogen-bond acceptors (Lipinski definition) is 4. The van der Waals surface area contributed by atoms with Crippen LogP contribution in [0.3, 0.4) is 0 Å². The number of carbonyl (C=O) groups excluding carboxylic acids is 1. The highest BCUT2D eigenvalue weighted by Crippen LogP contribution is 2.24. The van der Waals surface area contributed by atoms with Crippen LogP contribution in [0.25, 0.3) is 0 Å². The minimum Gasteiger partial charge on any atom is -0.326 e. The Hall–Kier alpha value is -1.70. The van der Waals surface area contributed by atoms with E-state index in [9.17, 15) is 13.2 Å². The van der Waals surface area contributed by atoms with Crippen LogP contribution in [0.15, 0.2) is 40.6 Å². The van der Waals surface area contributed by atoms with Gasteiger partial charge in [-0.05, 0) is 48.9 Å². The summed E-state index contributed by atoms with van der Waals surface area (Å²) in [6.07, 6.45) is 2.05. The summed E-state index contributed by atoms with van der Waals surface area (Å²) in [7, 11) is -3.55. The molecule has 26 heavy (non-hydrogen) atoms. The van der Waals surface area contributed by atoms with Gasteiger partial charge in [-0.25, -0.2) is 8.42 Å². The second-order valence-corrected chi connectivity index (χ2v) is 8.99. The summed E-state index contributed by atoms with van der Waals surface area (Å²) in [5.41, 5.74) is 1.19. The van der Waals surface area contributed by atoms with Crippen LogP contribution in [0.2, 0.25) is 0 Å². The quantitative estimate of drug-likeness (QED) is 0.698. The van der Waals surface area contributed by atoms with E-state index in [-0.39, 0.29) is 10.8 Å². The van der Waals surface area contributed by atoms with E-state index in [1.165, 1.54) is 9.18 Å². The lowest BCUT2D eigenvalue weighted by molar-refractivity contribution is -0.116. The lowest BCUT2D eigenvalue weighted by Crippen LogP contribution is -2.31. The van der Waals surface area contributed by atoms with Crippen molar-refractivity contribution in [3.05, 3.63) is 46.2 Å². The standard InChI is InChI=1S/C19H26N2O3S2/c1-4-21(5-2)26(23,24)18-14-16(12-11-15(18)3)20-19(22)10-6-8-17-9-7-13-25-17/h7,9,11-14H,4-6,8,10H2,1-3H3,(H,20,22).